The second-order valence-electron chi connectivity index (χ2n) is 7.95. The van der Waals surface area contributed by atoms with Crippen LogP contribution in [0.3, 0.4) is 0 Å². The quantitative estimate of drug-likeness (QED) is 0.420. The van der Waals surface area contributed by atoms with E-state index < -0.39 is 12.1 Å². The average Bonchev–Trinajstić information content (AvgIpc) is 3.46. The number of rotatable bonds is 4. The van der Waals surface area contributed by atoms with Gasteiger partial charge in [0.25, 0.3) is 5.91 Å². The van der Waals surface area contributed by atoms with E-state index in [1.54, 1.807) is 4.90 Å². The molecule has 0 spiro atoms. The number of fused-ring (bicyclic) bond motifs is 3. The summed E-state index contributed by atoms with van der Waals surface area (Å²) in [6, 6.07) is 21.0. The summed E-state index contributed by atoms with van der Waals surface area (Å²) in [6.45, 7) is 3.22. The third-order valence-electron chi connectivity index (χ3n) is 5.98. The van der Waals surface area contributed by atoms with E-state index in [1.165, 1.54) is 0 Å². The molecule has 1 saturated heterocycles. The van der Waals surface area contributed by atoms with E-state index in [1.807, 2.05) is 73.7 Å². The zero-order chi connectivity index (χ0) is 21.4. The summed E-state index contributed by atoms with van der Waals surface area (Å²) < 4.78 is 11.8. The topological polar surface area (TPSA) is 59.8 Å². The SMILES string of the molecule is Cc1c(C(=O)O[C@@H](C(=O)N2CCCC2)c2ccccc2)oc2c1ccc1ccccc12. The van der Waals surface area contributed by atoms with Gasteiger partial charge in [0.2, 0.25) is 11.9 Å². The molecule has 0 aliphatic carbocycles. The van der Waals surface area contributed by atoms with Gasteiger partial charge in [0.15, 0.2) is 0 Å². The Balaban J connectivity index is 1.52. The predicted octanol–water partition coefficient (Wildman–Crippen LogP) is 5.41. The van der Waals surface area contributed by atoms with Crippen molar-refractivity contribution in [2.24, 2.45) is 0 Å². The zero-order valence-electron chi connectivity index (χ0n) is 17.3. The Morgan fingerprint density at radius 3 is 2.39 bits per heavy atom. The Morgan fingerprint density at radius 2 is 1.61 bits per heavy atom. The highest BCUT2D eigenvalue weighted by molar-refractivity contribution is 6.08. The Morgan fingerprint density at radius 1 is 0.903 bits per heavy atom. The molecule has 3 aromatic carbocycles. The van der Waals surface area contributed by atoms with Gasteiger partial charge in [0, 0.05) is 35.0 Å². The highest BCUT2D eigenvalue weighted by atomic mass is 16.6. The van der Waals surface area contributed by atoms with Crippen LogP contribution in [0.1, 0.15) is 40.6 Å². The van der Waals surface area contributed by atoms with Crippen LogP contribution in [-0.2, 0) is 9.53 Å². The summed E-state index contributed by atoms with van der Waals surface area (Å²) in [5.41, 5.74) is 2.03. The molecule has 4 aromatic rings. The fraction of sp³-hybridized carbons (Fsp3) is 0.231. The highest BCUT2D eigenvalue weighted by Crippen LogP contribution is 2.33. The first kappa shape index (κ1) is 19.4. The third-order valence-corrected chi connectivity index (χ3v) is 5.98. The van der Waals surface area contributed by atoms with Gasteiger partial charge in [0.05, 0.1) is 0 Å². The van der Waals surface area contributed by atoms with Gasteiger partial charge in [-0.15, -0.1) is 0 Å². The zero-order valence-corrected chi connectivity index (χ0v) is 17.3. The number of ether oxygens (including phenoxy) is 1. The van der Waals surface area contributed by atoms with Crippen LogP contribution in [0.25, 0.3) is 21.7 Å². The van der Waals surface area contributed by atoms with E-state index in [9.17, 15) is 9.59 Å². The molecule has 1 atom stereocenters. The smallest absolute Gasteiger partial charge is 0.375 e. The van der Waals surface area contributed by atoms with Gasteiger partial charge in [-0.25, -0.2) is 4.79 Å². The van der Waals surface area contributed by atoms with E-state index in [0.717, 1.165) is 29.0 Å². The van der Waals surface area contributed by atoms with Gasteiger partial charge in [0.1, 0.15) is 5.58 Å². The Hall–Kier alpha value is -3.60. The van der Waals surface area contributed by atoms with Gasteiger partial charge in [-0.2, -0.15) is 0 Å². The molecule has 0 bridgehead atoms. The minimum atomic E-state index is -0.990. The number of hydrogen-bond donors (Lipinski definition) is 0. The lowest BCUT2D eigenvalue weighted by molar-refractivity contribution is -0.140. The molecule has 156 valence electrons. The molecule has 0 saturated carbocycles. The van der Waals surface area contributed by atoms with E-state index in [-0.39, 0.29) is 11.7 Å². The second kappa shape index (κ2) is 7.91. The second-order valence-corrected chi connectivity index (χ2v) is 7.95. The number of carbonyl (C=O) groups is 2. The van der Waals surface area contributed by atoms with E-state index in [0.29, 0.717) is 29.8 Å². The molecule has 5 nitrogen and oxygen atoms in total. The van der Waals surface area contributed by atoms with Gasteiger partial charge >= 0.3 is 5.97 Å². The summed E-state index contributed by atoms with van der Waals surface area (Å²) in [5, 5.41) is 2.85. The maximum absolute atomic E-state index is 13.2. The first-order valence-electron chi connectivity index (χ1n) is 10.6. The van der Waals surface area contributed by atoms with Crippen molar-refractivity contribution in [3.05, 3.63) is 83.6 Å². The molecule has 1 aliphatic heterocycles. The minimum Gasteiger partial charge on any atom is -0.448 e. The molecule has 1 amide bonds. The van der Waals surface area contributed by atoms with Crippen molar-refractivity contribution in [2.75, 3.05) is 13.1 Å². The molecule has 1 aromatic heterocycles. The molecule has 1 fully saturated rings. The summed E-state index contributed by atoms with van der Waals surface area (Å²) in [6.07, 6.45) is 0.949. The van der Waals surface area contributed by atoms with Gasteiger partial charge in [-0.3, -0.25) is 4.79 Å². The van der Waals surface area contributed by atoms with Crippen molar-refractivity contribution in [3.8, 4) is 0 Å². The molecular weight excluding hydrogens is 390 g/mol. The molecular formula is C26H23NO4. The first-order chi connectivity index (χ1) is 15.1. The number of likely N-dealkylation sites (tertiary alicyclic amines) is 1. The van der Waals surface area contributed by atoms with Crippen LogP contribution in [0.5, 0.6) is 0 Å². The first-order valence-corrected chi connectivity index (χ1v) is 10.6. The summed E-state index contributed by atoms with van der Waals surface area (Å²) in [4.78, 5) is 28.1. The Labute approximate surface area is 180 Å². The van der Waals surface area contributed by atoms with Crippen molar-refractivity contribution in [3.63, 3.8) is 0 Å². The van der Waals surface area contributed by atoms with Crippen LogP contribution in [0, 0.1) is 6.92 Å². The number of hydrogen-bond acceptors (Lipinski definition) is 4. The van der Waals surface area contributed by atoms with Crippen LogP contribution in [-0.4, -0.2) is 29.9 Å². The van der Waals surface area contributed by atoms with Crippen molar-refractivity contribution >= 4 is 33.6 Å². The van der Waals surface area contributed by atoms with E-state index >= 15 is 0 Å². The number of furan rings is 1. The van der Waals surface area contributed by atoms with E-state index in [2.05, 4.69) is 0 Å². The van der Waals surface area contributed by atoms with Gasteiger partial charge < -0.3 is 14.1 Å². The largest absolute Gasteiger partial charge is 0.448 e. The lowest BCUT2D eigenvalue weighted by Gasteiger charge is -2.23. The standard InChI is InChI=1S/C26H23NO4/c1-17-20-14-13-18-9-5-6-12-21(18)24(20)30-22(17)26(29)31-23(19-10-3-2-4-11-19)25(28)27-15-7-8-16-27/h2-6,9-14,23H,7-8,15-16H2,1H3/t23-/m1/s1. The Kier molecular flexibility index (Phi) is 4.94. The van der Waals surface area contributed by atoms with Crippen LogP contribution in [0.2, 0.25) is 0 Å². The third kappa shape index (κ3) is 3.46. The fourth-order valence-corrected chi connectivity index (χ4v) is 4.30. The van der Waals surface area contributed by atoms with Crippen molar-refractivity contribution in [2.45, 2.75) is 25.9 Å². The molecule has 5 heteroatoms. The number of nitrogens with zero attached hydrogens (tertiary/aromatic N) is 1. The lowest BCUT2D eigenvalue weighted by atomic mass is 10.1. The molecule has 1 aliphatic rings. The number of carbonyl (C=O) groups excluding carboxylic acids is 2. The lowest BCUT2D eigenvalue weighted by Crippen LogP contribution is -2.34. The average molecular weight is 413 g/mol. The van der Waals surface area contributed by atoms with E-state index in [4.69, 9.17) is 9.15 Å². The molecule has 0 radical (unpaired) electrons. The van der Waals surface area contributed by atoms with Crippen molar-refractivity contribution in [1.29, 1.82) is 0 Å². The normalized spacial score (nSPS) is 14.8. The number of esters is 1. The maximum Gasteiger partial charge on any atom is 0.375 e. The summed E-state index contributed by atoms with van der Waals surface area (Å²) in [5.74, 6) is -0.669. The van der Waals surface area contributed by atoms with Crippen LogP contribution in [0.15, 0.2) is 71.1 Å². The summed E-state index contributed by atoms with van der Waals surface area (Å²) in [7, 11) is 0. The number of amides is 1. The molecule has 5 rings (SSSR count). The molecule has 0 N–H and O–H groups in total. The van der Waals surface area contributed by atoms with Crippen molar-refractivity contribution < 1.29 is 18.7 Å². The number of benzene rings is 3. The molecule has 2 heterocycles. The maximum atomic E-state index is 13.2. The van der Waals surface area contributed by atoms with Gasteiger partial charge in [-0.05, 0) is 25.2 Å². The summed E-state index contributed by atoms with van der Waals surface area (Å²) >= 11 is 0. The Bertz CT molecular complexity index is 1270. The van der Waals surface area contributed by atoms with Crippen LogP contribution < -0.4 is 0 Å². The monoisotopic (exact) mass is 413 g/mol. The van der Waals surface area contributed by atoms with Crippen LogP contribution >= 0.6 is 0 Å². The number of aryl methyl sites for hydroxylation is 1. The molecule has 31 heavy (non-hydrogen) atoms. The van der Waals surface area contributed by atoms with Crippen LogP contribution in [0.4, 0.5) is 0 Å². The van der Waals surface area contributed by atoms with Gasteiger partial charge in [-0.1, -0.05) is 66.7 Å². The van der Waals surface area contributed by atoms with Crippen molar-refractivity contribution in [1.82, 2.24) is 4.90 Å². The molecule has 0 unspecified atom stereocenters. The highest BCUT2D eigenvalue weighted by Gasteiger charge is 2.33. The fourth-order valence-electron chi connectivity index (χ4n) is 4.30. The minimum absolute atomic E-state index is 0.140. The predicted molar refractivity (Wildman–Crippen MR) is 119 cm³/mol.